The van der Waals surface area contributed by atoms with E-state index in [4.69, 9.17) is 9.26 Å². The highest BCUT2D eigenvalue weighted by Crippen LogP contribution is 2.39. The first-order valence-electron chi connectivity index (χ1n) is 4.16. The first-order valence-corrected chi connectivity index (χ1v) is 5.25. The lowest BCUT2D eigenvalue weighted by molar-refractivity contribution is 0.0830. The molecule has 0 saturated carbocycles. The molecule has 6 heteroatoms. The van der Waals surface area contributed by atoms with Crippen LogP contribution < -0.4 is 0 Å². The van der Waals surface area contributed by atoms with Crippen molar-refractivity contribution in [1.82, 2.24) is 0 Å². The average Bonchev–Trinajstić information content (AvgIpc) is 2.34. The predicted molar refractivity (Wildman–Crippen MR) is 47.8 cm³/mol. The quantitative estimate of drug-likeness (QED) is 0.727. The summed E-state index contributed by atoms with van der Waals surface area (Å²) < 4.78 is 25.3. The second kappa shape index (κ2) is 3.69. The summed E-state index contributed by atoms with van der Waals surface area (Å²) in [6, 6.07) is 0. The summed E-state index contributed by atoms with van der Waals surface area (Å²) in [5.41, 5.74) is 0.825. The van der Waals surface area contributed by atoms with Crippen LogP contribution >= 0.6 is 8.25 Å². The summed E-state index contributed by atoms with van der Waals surface area (Å²) in [6.07, 6.45) is 2.07. The number of aliphatic hydroxyl groups excluding tert-OH is 1. The minimum atomic E-state index is -2.10. The van der Waals surface area contributed by atoms with Crippen molar-refractivity contribution in [2.45, 2.75) is 12.5 Å². The molecule has 1 aliphatic carbocycles. The van der Waals surface area contributed by atoms with E-state index in [2.05, 4.69) is 4.52 Å². The summed E-state index contributed by atoms with van der Waals surface area (Å²) in [7, 11) is -0.814. The number of hydrogen-bond donors (Lipinski definition) is 1. The zero-order valence-electron chi connectivity index (χ0n) is 7.60. The average molecular weight is 217 g/mol. The van der Waals surface area contributed by atoms with Gasteiger partial charge in [-0.25, -0.2) is 0 Å². The van der Waals surface area contributed by atoms with Crippen molar-refractivity contribution < 1.29 is 23.5 Å². The van der Waals surface area contributed by atoms with E-state index in [0.29, 0.717) is 5.76 Å². The molecular formula is C8H10O5P+. The van der Waals surface area contributed by atoms with Crippen LogP contribution in [0, 0.1) is 0 Å². The van der Waals surface area contributed by atoms with Crippen molar-refractivity contribution in [2.75, 3.05) is 13.7 Å². The predicted octanol–water partition coefficient (Wildman–Crippen LogP) is 1.81. The third-order valence-electron chi connectivity index (χ3n) is 2.15. The second-order valence-corrected chi connectivity index (χ2v) is 4.02. The lowest BCUT2D eigenvalue weighted by atomic mass is 10.00. The number of aliphatic hydroxyl groups is 1. The molecule has 2 atom stereocenters. The second-order valence-electron chi connectivity index (χ2n) is 2.94. The largest absolute Gasteiger partial charge is 0.697 e. The van der Waals surface area contributed by atoms with Crippen molar-refractivity contribution in [3.8, 4) is 0 Å². The minimum absolute atomic E-state index is 0.0374. The van der Waals surface area contributed by atoms with Gasteiger partial charge in [-0.3, -0.25) is 0 Å². The Morgan fingerprint density at radius 1 is 1.79 bits per heavy atom. The van der Waals surface area contributed by atoms with E-state index in [1.54, 1.807) is 0 Å². The Labute approximate surface area is 81.9 Å². The molecule has 14 heavy (non-hydrogen) atoms. The molecule has 5 nitrogen and oxygen atoms in total. The Kier molecular flexibility index (Phi) is 2.54. The minimum Gasteiger partial charge on any atom is -0.508 e. The van der Waals surface area contributed by atoms with E-state index in [1.807, 2.05) is 6.08 Å². The fourth-order valence-electron chi connectivity index (χ4n) is 1.34. The van der Waals surface area contributed by atoms with Crippen LogP contribution in [0.5, 0.6) is 0 Å². The van der Waals surface area contributed by atoms with Crippen molar-refractivity contribution in [1.29, 1.82) is 0 Å². The molecule has 1 aliphatic heterocycles. The van der Waals surface area contributed by atoms with Gasteiger partial charge in [0.2, 0.25) is 0 Å². The number of allylic oxidation sites excluding steroid dienone is 2. The molecule has 76 valence electrons. The van der Waals surface area contributed by atoms with Gasteiger partial charge in [0.15, 0.2) is 6.10 Å². The number of rotatable bonds is 4. The van der Waals surface area contributed by atoms with E-state index < -0.39 is 14.4 Å². The van der Waals surface area contributed by atoms with E-state index in [9.17, 15) is 9.67 Å². The Morgan fingerprint density at radius 2 is 2.57 bits per heavy atom. The molecule has 0 spiro atoms. The molecule has 2 rings (SSSR count). The van der Waals surface area contributed by atoms with Crippen LogP contribution in [0.2, 0.25) is 0 Å². The fourth-order valence-corrected chi connectivity index (χ4v) is 1.70. The van der Waals surface area contributed by atoms with E-state index in [0.717, 1.165) is 12.0 Å². The summed E-state index contributed by atoms with van der Waals surface area (Å²) in [5.74, 6) is 0.894. The van der Waals surface area contributed by atoms with Crippen LogP contribution in [0.1, 0.15) is 6.42 Å². The topological polar surface area (TPSA) is 65.0 Å². The van der Waals surface area contributed by atoms with Crippen LogP contribution in [0.25, 0.3) is 0 Å². The Bertz CT molecular complexity index is 333. The van der Waals surface area contributed by atoms with E-state index in [-0.39, 0.29) is 12.4 Å². The molecule has 2 unspecified atom stereocenters. The summed E-state index contributed by atoms with van der Waals surface area (Å²) in [5, 5.41) is 9.56. The van der Waals surface area contributed by atoms with Gasteiger partial charge in [0.05, 0.1) is 7.11 Å². The van der Waals surface area contributed by atoms with Crippen molar-refractivity contribution in [3.63, 3.8) is 0 Å². The monoisotopic (exact) mass is 217 g/mol. The first kappa shape index (κ1) is 9.65. The Balaban J connectivity index is 1.90. The third-order valence-corrected chi connectivity index (χ3v) is 2.81. The molecule has 0 radical (unpaired) electrons. The normalized spacial score (nSPS) is 25.1. The molecule has 0 amide bonds. The summed E-state index contributed by atoms with van der Waals surface area (Å²) in [6.45, 7) is 0.0374. The zero-order valence-corrected chi connectivity index (χ0v) is 8.49. The molecule has 1 heterocycles. The van der Waals surface area contributed by atoms with Gasteiger partial charge in [-0.15, -0.1) is 9.05 Å². The number of fused-ring (bicyclic) bond motifs is 1. The molecule has 0 fully saturated rings. The molecule has 2 aliphatic rings. The SMILES string of the molecule is CO[P+](=O)OCC1OC2=CCC2=C1O. The van der Waals surface area contributed by atoms with Gasteiger partial charge in [0.1, 0.15) is 18.1 Å². The first-order chi connectivity index (χ1) is 6.72. The van der Waals surface area contributed by atoms with Crippen LogP contribution in [-0.2, 0) is 18.3 Å². The van der Waals surface area contributed by atoms with Gasteiger partial charge in [-0.2, -0.15) is 0 Å². The van der Waals surface area contributed by atoms with Crippen LogP contribution in [0.4, 0.5) is 0 Å². The Morgan fingerprint density at radius 3 is 3.00 bits per heavy atom. The maximum Gasteiger partial charge on any atom is 0.697 e. The molecule has 0 aromatic rings. The molecule has 0 bridgehead atoms. The van der Waals surface area contributed by atoms with Crippen LogP contribution in [0.15, 0.2) is 23.2 Å². The maximum absolute atomic E-state index is 10.8. The number of hydrogen-bond acceptors (Lipinski definition) is 5. The summed E-state index contributed by atoms with van der Waals surface area (Å²) in [4.78, 5) is 0. The van der Waals surface area contributed by atoms with Gasteiger partial charge in [0, 0.05) is 16.6 Å². The van der Waals surface area contributed by atoms with Gasteiger partial charge >= 0.3 is 8.25 Å². The highest BCUT2D eigenvalue weighted by Gasteiger charge is 2.37. The lowest BCUT2D eigenvalue weighted by Crippen LogP contribution is -2.15. The number of ether oxygens (including phenoxy) is 1. The molecular weight excluding hydrogens is 207 g/mol. The van der Waals surface area contributed by atoms with E-state index >= 15 is 0 Å². The van der Waals surface area contributed by atoms with Crippen molar-refractivity contribution >= 4 is 8.25 Å². The lowest BCUT2D eigenvalue weighted by Gasteiger charge is -2.11. The van der Waals surface area contributed by atoms with Gasteiger partial charge in [-0.1, -0.05) is 0 Å². The maximum atomic E-state index is 10.8. The molecule has 0 aromatic carbocycles. The summed E-state index contributed by atoms with van der Waals surface area (Å²) >= 11 is 0. The van der Waals surface area contributed by atoms with Gasteiger partial charge < -0.3 is 9.84 Å². The van der Waals surface area contributed by atoms with Crippen molar-refractivity contribution in [2.24, 2.45) is 0 Å². The third kappa shape index (κ3) is 1.54. The highest BCUT2D eigenvalue weighted by molar-refractivity contribution is 7.33. The smallest absolute Gasteiger partial charge is 0.508 e. The molecule has 0 aromatic heterocycles. The highest BCUT2D eigenvalue weighted by atomic mass is 31.1. The van der Waals surface area contributed by atoms with Gasteiger partial charge in [-0.05, 0) is 6.08 Å². The zero-order chi connectivity index (χ0) is 10.1. The fraction of sp³-hybridized carbons (Fsp3) is 0.500. The molecule has 1 N–H and O–H groups in total. The van der Waals surface area contributed by atoms with Gasteiger partial charge in [0.25, 0.3) is 0 Å². The van der Waals surface area contributed by atoms with Crippen LogP contribution in [0.3, 0.4) is 0 Å². The standard InChI is InChI=1S/C8H9O5P/c1-11-14(10)12-4-7-8(9)5-2-3-6(5)13-7/h3,7H,2,4H2,1H3/p+1. The van der Waals surface area contributed by atoms with E-state index in [1.165, 1.54) is 7.11 Å². The Hall–Kier alpha value is -0.900. The molecule has 0 saturated heterocycles. The van der Waals surface area contributed by atoms with Crippen LogP contribution in [-0.4, -0.2) is 24.9 Å². The van der Waals surface area contributed by atoms with Crippen molar-refractivity contribution in [3.05, 3.63) is 23.2 Å².